The zero-order chi connectivity index (χ0) is 21.4. The number of thiazole rings is 1. The Morgan fingerprint density at radius 3 is 2.52 bits per heavy atom. The minimum absolute atomic E-state index is 0.205. The van der Waals surface area contributed by atoms with Crippen molar-refractivity contribution in [3.05, 3.63) is 94.7 Å². The van der Waals surface area contributed by atoms with Gasteiger partial charge in [-0.25, -0.2) is 4.98 Å². The van der Waals surface area contributed by atoms with Crippen molar-refractivity contribution in [2.75, 3.05) is 5.32 Å². The highest BCUT2D eigenvalue weighted by Gasteiger charge is 2.15. The maximum absolute atomic E-state index is 12.6. The summed E-state index contributed by atoms with van der Waals surface area (Å²) >= 11 is 14.0. The fourth-order valence-electron chi connectivity index (χ4n) is 3.18. The van der Waals surface area contributed by atoms with Gasteiger partial charge in [0, 0.05) is 21.8 Å². The highest BCUT2D eigenvalue weighted by atomic mass is 35.5. The maximum atomic E-state index is 12.6. The van der Waals surface area contributed by atoms with E-state index in [0.29, 0.717) is 21.5 Å². The molecule has 2 heterocycles. The second kappa shape index (κ2) is 8.19. The average Bonchev–Trinajstić information content (AvgIpc) is 3.42. The number of fused-ring (bicyclic) bond motifs is 1. The number of hydrogen-bond donors (Lipinski definition) is 1. The summed E-state index contributed by atoms with van der Waals surface area (Å²) in [5.41, 5.74) is 3.17. The molecule has 5 rings (SSSR count). The van der Waals surface area contributed by atoms with E-state index in [0.717, 1.165) is 26.4 Å². The first-order valence-corrected chi connectivity index (χ1v) is 11.0. The lowest BCUT2D eigenvalue weighted by atomic mass is 10.2. The first-order chi connectivity index (χ1) is 15.1. The summed E-state index contributed by atoms with van der Waals surface area (Å²) in [5, 5.41) is 4.81. The Labute approximate surface area is 192 Å². The normalized spacial score (nSPS) is 11.0. The van der Waals surface area contributed by atoms with Gasteiger partial charge in [-0.3, -0.25) is 4.79 Å². The van der Waals surface area contributed by atoms with Gasteiger partial charge in [0.2, 0.25) is 0 Å². The molecule has 1 N–H and O–H groups in total. The molecule has 2 aromatic heterocycles. The van der Waals surface area contributed by atoms with Crippen molar-refractivity contribution < 1.29 is 9.21 Å². The van der Waals surface area contributed by atoms with Gasteiger partial charge in [0.15, 0.2) is 5.76 Å². The van der Waals surface area contributed by atoms with Crippen LogP contribution in [-0.4, -0.2) is 10.9 Å². The third kappa shape index (κ3) is 4.08. The highest BCUT2D eigenvalue weighted by molar-refractivity contribution is 7.21. The molecule has 0 aliphatic rings. The van der Waals surface area contributed by atoms with E-state index < -0.39 is 0 Å². The lowest BCUT2D eigenvalue weighted by Crippen LogP contribution is -2.10. The van der Waals surface area contributed by atoms with Gasteiger partial charge in [-0.15, -0.1) is 11.3 Å². The third-order valence-corrected chi connectivity index (χ3v) is 6.34. The van der Waals surface area contributed by atoms with E-state index >= 15 is 0 Å². The van der Waals surface area contributed by atoms with Crippen molar-refractivity contribution in [3.8, 4) is 21.9 Å². The van der Waals surface area contributed by atoms with Gasteiger partial charge in [0.05, 0.1) is 15.2 Å². The van der Waals surface area contributed by atoms with Crippen LogP contribution in [0.1, 0.15) is 10.6 Å². The number of carbonyl (C=O) groups excluding carboxylic acids is 1. The average molecular weight is 465 g/mol. The summed E-state index contributed by atoms with van der Waals surface area (Å²) < 4.78 is 6.80. The molecular weight excluding hydrogens is 451 g/mol. The summed E-state index contributed by atoms with van der Waals surface area (Å²) in [5.74, 6) is 0.436. The quantitative estimate of drug-likeness (QED) is 0.295. The molecule has 3 aromatic carbocycles. The van der Waals surface area contributed by atoms with Gasteiger partial charge < -0.3 is 9.73 Å². The maximum Gasteiger partial charge on any atom is 0.291 e. The number of para-hydroxylation sites is 1. The SMILES string of the molecule is O=C(Nc1ccc(-c2nc3ccccc3s2)c(Cl)c1)c1ccc(-c2ccc(Cl)cc2)o1. The molecule has 0 unspecified atom stereocenters. The van der Waals surface area contributed by atoms with Crippen LogP contribution in [0.4, 0.5) is 5.69 Å². The van der Waals surface area contributed by atoms with E-state index in [1.54, 1.807) is 47.7 Å². The molecule has 4 nitrogen and oxygen atoms in total. The van der Waals surface area contributed by atoms with Crippen molar-refractivity contribution >= 4 is 56.3 Å². The molecule has 0 atom stereocenters. The van der Waals surface area contributed by atoms with E-state index in [1.807, 2.05) is 42.5 Å². The van der Waals surface area contributed by atoms with Crippen LogP contribution in [-0.2, 0) is 0 Å². The van der Waals surface area contributed by atoms with E-state index in [2.05, 4.69) is 10.3 Å². The van der Waals surface area contributed by atoms with E-state index in [9.17, 15) is 4.79 Å². The Hall–Kier alpha value is -3.12. The van der Waals surface area contributed by atoms with E-state index in [4.69, 9.17) is 27.6 Å². The summed E-state index contributed by atoms with van der Waals surface area (Å²) in [7, 11) is 0. The van der Waals surface area contributed by atoms with Crippen LogP contribution in [0.5, 0.6) is 0 Å². The smallest absolute Gasteiger partial charge is 0.291 e. The minimum Gasteiger partial charge on any atom is -0.451 e. The summed E-state index contributed by atoms with van der Waals surface area (Å²) in [4.78, 5) is 17.3. The first kappa shape index (κ1) is 19.8. The number of benzene rings is 3. The van der Waals surface area contributed by atoms with Crippen LogP contribution in [0.2, 0.25) is 10.0 Å². The van der Waals surface area contributed by atoms with Gasteiger partial charge in [0.25, 0.3) is 5.91 Å². The topological polar surface area (TPSA) is 55.1 Å². The Kier molecular flexibility index (Phi) is 5.24. The van der Waals surface area contributed by atoms with Gasteiger partial charge in [-0.05, 0) is 66.7 Å². The van der Waals surface area contributed by atoms with Gasteiger partial charge >= 0.3 is 0 Å². The first-order valence-electron chi connectivity index (χ1n) is 9.39. The van der Waals surface area contributed by atoms with Gasteiger partial charge in [-0.2, -0.15) is 0 Å². The van der Waals surface area contributed by atoms with Crippen LogP contribution in [0, 0.1) is 0 Å². The number of halogens is 2. The van der Waals surface area contributed by atoms with Crippen molar-refractivity contribution in [2.24, 2.45) is 0 Å². The number of nitrogens with zero attached hydrogens (tertiary/aromatic N) is 1. The molecule has 7 heteroatoms. The zero-order valence-corrected chi connectivity index (χ0v) is 18.3. The summed E-state index contributed by atoms with van der Waals surface area (Å²) in [6, 6.07) is 23.9. The van der Waals surface area contributed by atoms with Crippen molar-refractivity contribution in [2.45, 2.75) is 0 Å². The molecule has 0 fully saturated rings. The molecule has 0 saturated carbocycles. The molecule has 0 bridgehead atoms. The Bertz CT molecular complexity index is 1370. The molecule has 0 saturated heterocycles. The van der Waals surface area contributed by atoms with Crippen molar-refractivity contribution in [3.63, 3.8) is 0 Å². The fraction of sp³-hybridized carbons (Fsp3) is 0. The lowest BCUT2D eigenvalue weighted by molar-refractivity contribution is 0.0997. The molecule has 0 aliphatic carbocycles. The van der Waals surface area contributed by atoms with Crippen LogP contribution in [0.15, 0.2) is 83.3 Å². The van der Waals surface area contributed by atoms with E-state index in [1.165, 1.54) is 0 Å². The van der Waals surface area contributed by atoms with Crippen molar-refractivity contribution in [1.82, 2.24) is 4.98 Å². The number of carbonyl (C=O) groups is 1. The molecule has 0 spiro atoms. The number of nitrogens with one attached hydrogen (secondary N) is 1. The number of rotatable bonds is 4. The highest BCUT2D eigenvalue weighted by Crippen LogP contribution is 2.35. The molecule has 5 aromatic rings. The standard InChI is InChI=1S/C24H14Cl2N2O2S/c25-15-7-5-14(6-8-15)20-11-12-21(30-20)23(29)27-16-9-10-17(18(26)13-16)24-28-19-3-1-2-4-22(19)31-24/h1-13H,(H,27,29). The van der Waals surface area contributed by atoms with Crippen LogP contribution in [0.3, 0.4) is 0 Å². The number of furan rings is 1. The van der Waals surface area contributed by atoms with Crippen LogP contribution < -0.4 is 5.32 Å². The number of aromatic nitrogens is 1. The monoisotopic (exact) mass is 464 g/mol. The van der Waals surface area contributed by atoms with Crippen molar-refractivity contribution in [1.29, 1.82) is 0 Å². The summed E-state index contributed by atoms with van der Waals surface area (Å²) in [6.07, 6.45) is 0. The van der Waals surface area contributed by atoms with Gasteiger partial charge in [-0.1, -0.05) is 35.3 Å². The number of amides is 1. The molecule has 0 radical (unpaired) electrons. The molecule has 152 valence electrons. The fourth-order valence-corrected chi connectivity index (χ4v) is 4.63. The third-order valence-electron chi connectivity index (χ3n) is 4.71. The minimum atomic E-state index is -0.357. The predicted molar refractivity (Wildman–Crippen MR) is 127 cm³/mol. The Morgan fingerprint density at radius 1 is 0.935 bits per heavy atom. The number of anilines is 1. The second-order valence-corrected chi connectivity index (χ2v) is 8.68. The largest absolute Gasteiger partial charge is 0.451 e. The summed E-state index contributed by atoms with van der Waals surface area (Å²) in [6.45, 7) is 0. The Balaban J connectivity index is 1.35. The zero-order valence-electron chi connectivity index (χ0n) is 15.9. The Morgan fingerprint density at radius 2 is 1.74 bits per heavy atom. The lowest BCUT2D eigenvalue weighted by Gasteiger charge is -2.06. The molecule has 1 amide bonds. The van der Waals surface area contributed by atoms with Gasteiger partial charge in [0.1, 0.15) is 10.8 Å². The molecule has 31 heavy (non-hydrogen) atoms. The van der Waals surface area contributed by atoms with Crippen LogP contribution in [0.25, 0.3) is 32.1 Å². The predicted octanol–water partition coefficient (Wildman–Crippen LogP) is 7.78. The van der Waals surface area contributed by atoms with E-state index in [-0.39, 0.29) is 11.7 Å². The van der Waals surface area contributed by atoms with Crippen LogP contribution >= 0.6 is 34.5 Å². The number of hydrogen-bond acceptors (Lipinski definition) is 4. The second-order valence-electron chi connectivity index (χ2n) is 6.81. The molecule has 0 aliphatic heterocycles. The molecular formula is C24H14Cl2N2O2S.